The molecule has 0 bridgehead atoms. The fourth-order valence-electron chi connectivity index (χ4n) is 0.890. The highest BCUT2D eigenvalue weighted by Crippen LogP contribution is 2.22. The van der Waals surface area contributed by atoms with Gasteiger partial charge in [-0.3, -0.25) is 0 Å². The van der Waals surface area contributed by atoms with E-state index in [2.05, 4.69) is 0 Å². The van der Waals surface area contributed by atoms with Crippen LogP contribution >= 0.6 is 7.23 Å². The van der Waals surface area contributed by atoms with Crippen LogP contribution < -0.4 is 0 Å². The molecule has 1 heterocycles. The Balaban J connectivity index is 2.40. The first-order valence-electron chi connectivity index (χ1n) is 3.06. The van der Waals surface area contributed by atoms with Crippen molar-refractivity contribution in [1.82, 2.24) is 0 Å². The molecule has 1 saturated heterocycles. The molecule has 0 aliphatic carbocycles. The number of hydrogen-bond donors (Lipinski definition) is 0. The Morgan fingerprint density at radius 3 is 2.44 bits per heavy atom. The van der Waals surface area contributed by atoms with E-state index in [1.54, 1.807) is 0 Å². The van der Waals surface area contributed by atoms with Gasteiger partial charge in [0, 0.05) is 6.61 Å². The summed E-state index contributed by atoms with van der Waals surface area (Å²) in [4.78, 5) is 0. The third-order valence-electron chi connectivity index (χ3n) is 1.39. The molecule has 0 aromatic rings. The maximum absolute atomic E-state index is 10.3. The highest BCUT2D eigenvalue weighted by molar-refractivity contribution is 7.70. The maximum atomic E-state index is 10.3. The van der Waals surface area contributed by atoms with Gasteiger partial charge in [0.1, 0.15) is 0 Å². The Bertz CT molecular complexity index is 142. The first-order valence-corrected chi connectivity index (χ1v) is 7.14. The molecule has 1 atom stereocenters. The monoisotopic (exact) mass is 164 g/mol. The predicted octanol–water partition coefficient (Wildman–Crippen LogP) is 1.19. The Morgan fingerprint density at radius 2 is 2.11 bits per heavy atom. The molecule has 9 heavy (non-hydrogen) atoms. The second-order valence-corrected chi connectivity index (χ2v) is 7.49. The fourth-order valence-corrected chi connectivity index (χ4v) is 4.33. The van der Waals surface area contributed by atoms with Crippen LogP contribution in [0.3, 0.4) is 0 Å². The van der Waals surface area contributed by atoms with Crippen molar-refractivity contribution in [2.75, 3.05) is 6.61 Å². The smallest absolute Gasteiger partial charge is 0.323 e. The largest absolute Gasteiger partial charge is 0.406 e. The second kappa shape index (κ2) is 3.30. The molecule has 1 aliphatic rings. The van der Waals surface area contributed by atoms with Gasteiger partial charge in [-0.2, -0.15) is 0 Å². The summed E-state index contributed by atoms with van der Waals surface area (Å²) in [6.45, 7) is 0.667. The zero-order valence-corrected chi connectivity index (χ0v) is 7.13. The zero-order chi connectivity index (χ0) is 6.69. The van der Waals surface area contributed by atoms with Crippen LogP contribution in [0.1, 0.15) is 12.8 Å². The highest BCUT2D eigenvalue weighted by atomic mass is 31.4. The summed E-state index contributed by atoms with van der Waals surface area (Å²) >= 11 is 0. The summed E-state index contributed by atoms with van der Waals surface area (Å²) in [5, 5.41) is 0. The topological polar surface area (TPSA) is 43.4 Å². The van der Waals surface area contributed by atoms with Crippen molar-refractivity contribution in [3.8, 4) is 0 Å². The molecule has 1 rings (SSSR count). The summed E-state index contributed by atoms with van der Waals surface area (Å²) in [6, 6.07) is 0.818. The van der Waals surface area contributed by atoms with Crippen molar-refractivity contribution >= 4 is 15.9 Å². The lowest BCUT2D eigenvalue weighted by molar-refractivity contribution is 0.296. The van der Waals surface area contributed by atoms with Crippen molar-refractivity contribution in [2.45, 2.75) is 18.9 Å². The lowest BCUT2D eigenvalue weighted by Crippen LogP contribution is -2.17. The van der Waals surface area contributed by atoms with Gasteiger partial charge < -0.3 is 4.43 Å². The Hall–Kier alpha value is 0.0769. The van der Waals surface area contributed by atoms with Crippen molar-refractivity contribution in [3.63, 3.8) is 0 Å². The summed E-state index contributed by atoms with van der Waals surface area (Å²) in [7, 11) is -3.95. The third-order valence-corrected chi connectivity index (χ3v) is 6.02. The van der Waals surface area contributed by atoms with Crippen LogP contribution in [0.5, 0.6) is 0 Å². The van der Waals surface area contributed by atoms with Gasteiger partial charge in [-0.1, -0.05) is 6.42 Å². The van der Waals surface area contributed by atoms with E-state index in [1.807, 2.05) is 0 Å². The average molecular weight is 164 g/mol. The van der Waals surface area contributed by atoms with E-state index in [0.29, 0.717) is 6.61 Å². The Morgan fingerprint density at radius 1 is 1.33 bits per heavy atom. The molecule has 5 heteroatoms. The summed E-state index contributed by atoms with van der Waals surface area (Å²) < 4.78 is 25.7. The molecule has 3 nitrogen and oxygen atoms in total. The minimum atomic E-state index is -2.20. The van der Waals surface area contributed by atoms with E-state index in [9.17, 15) is 9.13 Å². The van der Waals surface area contributed by atoms with Gasteiger partial charge in [0.15, 0.2) is 0 Å². The Labute approximate surface area is 55.8 Å². The standard InChI is InChI=1S/C4H9O3PSi/c5-8(6)9-4-2-1-3-7-9/h9H,1-4H2. The number of rotatable bonds is 1. The number of hydrogen-bond acceptors (Lipinski definition) is 3. The van der Waals surface area contributed by atoms with Crippen LogP contribution in [0.2, 0.25) is 6.04 Å². The summed E-state index contributed by atoms with van der Waals surface area (Å²) in [5.41, 5.74) is 0. The average Bonchev–Trinajstić information content (AvgIpc) is 1.90. The third kappa shape index (κ3) is 2.05. The van der Waals surface area contributed by atoms with E-state index >= 15 is 0 Å². The van der Waals surface area contributed by atoms with Crippen LogP contribution in [-0.4, -0.2) is 15.3 Å². The Kier molecular flexibility index (Phi) is 2.63. The van der Waals surface area contributed by atoms with Crippen molar-refractivity contribution in [3.05, 3.63) is 0 Å². The van der Waals surface area contributed by atoms with Crippen LogP contribution in [0.25, 0.3) is 0 Å². The lowest BCUT2D eigenvalue weighted by atomic mass is 10.4. The van der Waals surface area contributed by atoms with Crippen LogP contribution in [0, 0.1) is 0 Å². The minimum Gasteiger partial charge on any atom is -0.406 e. The molecule has 1 fully saturated rings. The molecule has 0 radical (unpaired) electrons. The normalized spacial score (nSPS) is 27.8. The van der Waals surface area contributed by atoms with Crippen LogP contribution in [-0.2, 0) is 13.6 Å². The molecule has 0 N–H and O–H groups in total. The molecule has 0 spiro atoms. The van der Waals surface area contributed by atoms with Gasteiger partial charge in [0.05, 0.1) is 0 Å². The minimum absolute atomic E-state index is 0.667. The first kappa shape index (κ1) is 7.19. The van der Waals surface area contributed by atoms with E-state index in [4.69, 9.17) is 4.43 Å². The SMILES string of the molecule is O=P(=O)[SiH]1CCCCO1. The van der Waals surface area contributed by atoms with Crippen molar-refractivity contribution < 1.29 is 13.6 Å². The van der Waals surface area contributed by atoms with Crippen LogP contribution in [0.15, 0.2) is 0 Å². The molecular weight excluding hydrogens is 155 g/mol. The van der Waals surface area contributed by atoms with Crippen molar-refractivity contribution in [2.24, 2.45) is 0 Å². The van der Waals surface area contributed by atoms with Crippen LogP contribution in [0.4, 0.5) is 0 Å². The van der Waals surface area contributed by atoms with Gasteiger partial charge in [0.2, 0.25) is 0 Å². The molecule has 1 aliphatic heterocycles. The van der Waals surface area contributed by atoms with E-state index < -0.39 is 15.9 Å². The van der Waals surface area contributed by atoms with E-state index in [-0.39, 0.29) is 0 Å². The first-order chi connectivity index (χ1) is 4.30. The molecular formula is C4H9O3PSi. The molecule has 0 aromatic carbocycles. The molecule has 0 amide bonds. The second-order valence-electron chi connectivity index (χ2n) is 2.11. The van der Waals surface area contributed by atoms with Gasteiger partial charge in [0.25, 0.3) is 0 Å². The van der Waals surface area contributed by atoms with Gasteiger partial charge in [-0.25, -0.2) is 9.13 Å². The zero-order valence-electron chi connectivity index (χ0n) is 5.08. The molecule has 0 aromatic heterocycles. The predicted molar refractivity (Wildman–Crippen MR) is 35.4 cm³/mol. The lowest BCUT2D eigenvalue weighted by Gasteiger charge is -2.13. The molecule has 0 saturated carbocycles. The quantitative estimate of drug-likeness (QED) is 0.432. The molecule has 52 valence electrons. The van der Waals surface area contributed by atoms with Gasteiger partial charge >= 0.3 is 15.9 Å². The summed E-state index contributed by atoms with van der Waals surface area (Å²) in [5.74, 6) is 0. The van der Waals surface area contributed by atoms with Gasteiger partial charge in [-0.05, 0) is 12.5 Å². The fraction of sp³-hybridized carbons (Fsp3) is 1.00. The highest BCUT2D eigenvalue weighted by Gasteiger charge is 2.21. The van der Waals surface area contributed by atoms with E-state index in [1.165, 1.54) is 0 Å². The maximum Gasteiger partial charge on any atom is 0.323 e. The van der Waals surface area contributed by atoms with Crippen molar-refractivity contribution in [1.29, 1.82) is 0 Å². The van der Waals surface area contributed by atoms with E-state index in [0.717, 1.165) is 18.9 Å². The van der Waals surface area contributed by atoms with Gasteiger partial charge in [-0.15, -0.1) is 0 Å². The molecule has 1 unspecified atom stereocenters. The summed E-state index contributed by atoms with van der Waals surface area (Å²) in [6.07, 6.45) is 2.08.